The predicted octanol–water partition coefficient (Wildman–Crippen LogP) is 3.01. The minimum Gasteiger partial charge on any atom is -0.215 e. The summed E-state index contributed by atoms with van der Waals surface area (Å²) in [6.45, 7) is 6.18. The number of sulfonamides is 1. The SMILES string of the molecule is CC(C)(C)c1ccc(CCNS(=O)(=O)CC(F)(F)F)cc1. The first kappa shape index (κ1) is 18.0. The second-order valence-corrected chi connectivity index (χ2v) is 7.77. The Morgan fingerprint density at radius 3 is 2.00 bits per heavy atom. The zero-order chi connectivity index (χ0) is 16.3. The Labute approximate surface area is 123 Å². The molecule has 0 unspecified atom stereocenters. The summed E-state index contributed by atoms with van der Waals surface area (Å²) in [7, 11) is -4.32. The number of alkyl halides is 3. The van der Waals surface area contributed by atoms with E-state index in [1.165, 1.54) is 0 Å². The van der Waals surface area contributed by atoms with Crippen molar-refractivity contribution in [2.75, 3.05) is 12.3 Å². The number of nitrogens with one attached hydrogen (secondary N) is 1. The number of hydrogen-bond donors (Lipinski definition) is 1. The Balaban J connectivity index is 2.53. The zero-order valence-electron chi connectivity index (χ0n) is 12.3. The van der Waals surface area contributed by atoms with Crippen LogP contribution in [0.4, 0.5) is 13.2 Å². The molecule has 1 aromatic rings. The van der Waals surface area contributed by atoms with E-state index in [1.54, 1.807) is 0 Å². The van der Waals surface area contributed by atoms with Gasteiger partial charge in [-0.05, 0) is 23.0 Å². The fourth-order valence-corrected chi connectivity index (χ4v) is 2.73. The summed E-state index contributed by atoms with van der Waals surface area (Å²) in [5.74, 6) is -1.84. The van der Waals surface area contributed by atoms with Crippen LogP contribution >= 0.6 is 0 Å². The van der Waals surface area contributed by atoms with E-state index in [4.69, 9.17) is 0 Å². The molecule has 0 amide bonds. The lowest BCUT2D eigenvalue weighted by atomic mass is 9.86. The Bertz CT molecular complexity index is 557. The summed E-state index contributed by atoms with van der Waals surface area (Å²) in [5, 5.41) is 0. The third-order valence-electron chi connectivity index (χ3n) is 2.91. The van der Waals surface area contributed by atoms with Crippen molar-refractivity contribution < 1.29 is 21.6 Å². The maximum Gasteiger partial charge on any atom is 0.404 e. The fourth-order valence-electron chi connectivity index (χ4n) is 1.79. The molecule has 0 saturated heterocycles. The highest BCUT2D eigenvalue weighted by molar-refractivity contribution is 7.89. The predicted molar refractivity (Wildman–Crippen MR) is 76.7 cm³/mol. The van der Waals surface area contributed by atoms with Crippen molar-refractivity contribution in [1.29, 1.82) is 0 Å². The summed E-state index contributed by atoms with van der Waals surface area (Å²) < 4.78 is 60.5. The van der Waals surface area contributed by atoms with Crippen molar-refractivity contribution in [3.05, 3.63) is 35.4 Å². The molecule has 0 heterocycles. The highest BCUT2D eigenvalue weighted by Gasteiger charge is 2.34. The largest absolute Gasteiger partial charge is 0.404 e. The molecule has 0 aromatic heterocycles. The molecule has 1 N–H and O–H groups in total. The molecule has 0 aliphatic carbocycles. The lowest BCUT2D eigenvalue weighted by Gasteiger charge is -2.19. The Kier molecular flexibility index (Phi) is 5.44. The lowest BCUT2D eigenvalue weighted by Crippen LogP contribution is -2.34. The van der Waals surface area contributed by atoms with Gasteiger partial charge in [0.2, 0.25) is 10.0 Å². The van der Waals surface area contributed by atoms with Gasteiger partial charge in [-0.2, -0.15) is 13.2 Å². The van der Waals surface area contributed by atoms with Gasteiger partial charge in [-0.3, -0.25) is 0 Å². The summed E-state index contributed by atoms with van der Waals surface area (Å²) in [4.78, 5) is 0. The first-order chi connectivity index (χ1) is 9.39. The minimum atomic E-state index is -4.72. The highest BCUT2D eigenvalue weighted by Crippen LogP contribution is 2.22. The van der Waals surface area contributed by atoms with Gasteiger partial charge in [0.15, 0.2) is 5.75 Å². The van der Waals surface area contributed by atoms with Crippen LogP contribution in [0, 0.1) is 0 Å². The van der Waals surface area contributed by atoms with Gasteiger partial charge in [0.25, 0.3) is 0 Å². The quantitative estimate of drug-likeness (QED) is 0.905. The van der Waals surface area contributed by atoms with E-state index in [-0.39, 0.29) is 12.0 Å². The molecule has 1 aromatic carbocycles. The van der Waals surface area contributed by atoms with Gasteiger partial charge in [0.05, 0.1) is 0 Å². The molecule has 0 aliphatic rings. The third kappa shape index (κ3) is 6.95. The van der Waals surface area contributed by atoms with Gasteiger partial charge in [-0.15, -0.1) is 0 Å². The molecule has 0 radical (unpaired) electrons. The van der Waals surface area contributed by atoms with Crippen molar-refractivity contribution in [2.24, 2.45) is 0 Å². The fraction of sp³-hybridized carbons (Fsp3) is 0.571. The average Bonchev–Trinajstić information content (AvgIpc) is 2.24. The van der Waals surface area contributed by atoms with Crippen LogP contribution in [0.1, 0.15) is 31.9 Å². The van der Waals surface area contributed by atoms with Crippen molar-refractivity contribution in [1.82, 2.24) is 4.72 Å². The molecular weight excluding hydrogens is 303 g/mol. The Hall–Kier alpha value is -1.08. The molecule has 0 atom stereocenters. The second-order valence-electron chi connectivity index (χ2n) is 5.97. The molecule has 0 bridgehead atoms. The van der Waals surface area contributed by atoms with Gasteiger partial charge in [0, 0.05) is 6.54 Å². The molecule has 1 rings (SSSR count). The second kappa shape index (κ2) is 6.36. The molecular formula is C14H20F3NO2S. The third-order valence-corrected chi connectivity index (χ3v) is 4.26. The van der Waals surface area contributed by atoms with Gasteiger partial charge in [0.1, 0.15) is 0 Å². The van der Waals surface area contributed by atoms with Crippen LogP contribution in [-0.2, 0) is 21.9 Å². The summed E-state index contributed by atoms with van der Waals surface area (Å²) >= 11 is 0. The summed E-state index contributed by atoms with van der Waals surface area (Å²) in [6, 6.07) is 7.61. The minimum absolute atomic E-state index is 0.0207. The number of hydrogen-bond acceptors (Lipinski definition) is 2. The van der Waals surface area contributed by atoms with Gasteiger partial charge < -0.3 is 0 Å². The monoisotopic (exact) mass is 323 g/mol. The first-order valence-corrected chi connectivity index (χ1v) is 8.18. The van der Waals surface area contributed by atoms with Crippen LogP contribution in [0.3, 0.4) is 0 Å². The maximum absolute atomic E-state index is 12.0. The van der Waals surface area contributed by atoms with Crippen molar-refractivity contribution in [2.45, 2.75) is 38.8 Å². The van der Waals surface area contributed by atoms with Crippen molar-refractivity contribution in [3.63, 3.8) is 0 Å². The van der Waals surface area contributed by atoms with E-state index >= 15 is 0 Å². The first-order valence-electron chi connectivity index (χ1n) is 6.53. The van der Waals surface area contributed by atoms with Crippen LogP contribution in [0.5, 0.6) is 0 Å². The van der Waals surface area contributed by atoms with Crippen LogP contribution in [0.15, 0.2) is 24.3 Å². The summed E-state index contributed by atoms with van der Waals surface area (Å²) in [5.41, 5.74) is 2.04. The lowest BCUT2D eigenvalue weighted by molar-refractivity contribution is -0.106. The van der Waals surface area contributed by atoms with E-state index in [0.717, 1.165) is 11.1 Å². The molecule has 0 saturated carbocycles. The van der Waals surface area contributed by atoms with E-state index in [9.17, 15) is 21.6 Å². The number of halogens is 3. The van der Waals surface area contributed by atoms with E-state index in [0.29, 0.717) is 6.42 Å². The average molecular weight is 323 g/mol. The van der Waals surface area contributed by atoms with E-state index in [1.807, 2.05) is 29.0 Å². The maximum atomic E-state index is 12.0. The molecule has 21 heavy (non-hydrogen) atoms. The van der Waals surface area contributed by atoms with Gasteiger partial charge >= 0.3 is 6.18 Å². The van der Waals surface area contributed by atoms with Crippen molar-refractivity contribution >= 4 is 10.0 Å². The molecule has 0 spiro atoms. The molecule has 3 nitrogen and oxygen atoms in total. The number of benzene rings is 1. The van der Waals surface area contributed by atoms with Crippen LogP contribution in [0.25, 0.3) is 0 Å². The smallest absolute Gasteiger partial charge is 0.215 e. The Morgan fingerprint density at radius 1 is 1.05 bits per heavy atom. The molecule has 0 aliphatic heterocycles. The normalized spacial score (nSPS) is 13.4. The van der Waals surface area contributed by atoms with E-state index < -0.39 is 22.0 Å². The van der Waals surface area contributed by atoms with Crippen LogP contribution in [0.2, 0.25) is 0 Å². The highest BCUT2D eigenvalue weighted by atomic mass is 32.2. The van der Waals surface area contributed by atoms with E-state index in [2.05, 4.69) is 20.8 Å². The van der Waals surface area contributed by atoms with Crippen molar-refractivity contribution in [3.8, 4) is 0 Å². The van der Waals surface area contributed by atoms with Gasteiger partial charge in [-0.25, -0.2) is 13.1 Å². The number of rotatable bonds is 5. The topological polar surface area (TPSA) is 46.2 Å². The van der Waals surface area contributed by atoms with Gasteiger partial charge in [-0.1, -0.05) is 45.0 Å². The molecule has 120 valence electrons. The summed E-state index contributed by atoms with van der Waals surface area (Å²) in [6.07, 6.45) is -4.37. The zero-order valence-corrected chi connectivity index (χ0v) is 13.1. The Morgan fingerprint density at radius 2 is 1.57 bits per heavy atom. The molecule has 7 heteroatoms. The van der Waals surface area contributed by atoms with Crippen LogP contribution < -0.4 is 4.72 Å². The standard InChI is InChI=1S/C14H20F3NO2S/c1-13(2,3)12-6-4-11(5-7-12)8-9-18-21(19,20)10-14(15,16)17/h4-7,18H,8-10H2,1-3H3. The van der Waals surface area contributed by atoms with Crippen LogP contribution in [-0.4, -0.2) is 26.9 Å². The molecule has 0 fully saturated rings.